The normalized spacial score (nSPS) is 13.9. The Bertz CT molecular complexity index is 997. The highest BCUT2D eigenvalue weighted by Crippen LogP contribution is 2.34. The van der Waals surface area contributed by atoms with Crippen LogP contribution in [0.4, 0.5) is 5.69 Å². The first kappa shape index (κ1) is 27.6. The smallest absolute Gasteiger partial charge is 0.308 e. The summed E-state index contributed by atoms with van der Waals surface area (Å²) in [6.45, 7) is 2.05. The number of halogens is 3. The zero-order valence-electron chi connectivity index (χ0n) is 19.0. The van der Waals surface area contributed by atoms with Crippen molar-refractivity contribution in [2.45, 2.75) is 51.6 Å². The molecule has 9 heteroatoms. The topological polar surface area (TPSA) is 67.9 Å². The van der Waals surface area contributed by atoms with Crippen molar-refractivity contribution in [3.63, 3.8) is 0 Å². The van der Waals surface area contributed by atoms with E-state index in [0.717, 1.165) is 26.7 Å². The first-order valence-corrected chi connectivity index (χ1v) is 12.2. The van der Waals surface area contributed by atoms with Crippen LogP contribution in [-0.2, 0) is 11.3 Å². The Morgan fingerprint density at radius 1 is 1.12 bits per heavy atom. The quantitative estimate of drug-likeness (QED) is 0.286. The van der Waals surface area contributed by atoms with Crippen molar-refractivity contribution in [2.75, 3.05) is 19.5 Å². The molecule has 0 saturated heterocycles. The molecule has 1 N–H and O–H groups in total. The standard InChI is InChI=1S/C24H28Br2N2O4.ClH/c1-15(29)32-19-9-10-20(22(13-19)31-3)24(30)27-23-16(11-17(25)12-21(23)26)14-28(2)18-7-5-4-6-8-18;/h9-13,18H,4-8,14H2,1-3H3,(H,27,30);1H. The average Bonchev–Trinajstić information content (AvgIpc) is 2.76. The molecule has 0 aromatic heterocycles. The molecule has 0 heterocycles. The number of esters is 1. The summed E-state index contributed by atoms with van der Waals surface area (Å²) in [6.07, 6.45) is 6.26. The molecule has 3 rings (SSSR count). The Kier molecular flexibility index (Phi) is 10.7. The fourth-order valence-electron chi connectivity index (χ4n) is 4.08. The van der Waals surface area contributed by atoms with Gasteiger partial charge in [-0.15, -0.1) is 12.4 Å². The van der Waals surface area contributed by atoms with Crippen LogP contribution < -0.4 is 14.8 Å². The van der Waals surface area contributed by atoms with Gasteiger partial charge in [-0.25, -0.2) is 0 Å². The highest BCUT2D eigenvalue weighted by atomic mass is 79.9. The van der Waals surface area contributed by atoms with E-state index in [1.165, 1.54) is 52.2 Å². The van der Waals surface area contributed by atoms with Gasteiger partial charge in [-0.05, 0) is 65.6 Å². The Labute approximate surface area is 218 Å². The van der Waals surface area contributed by atoms with E-state index in [0.29, 0.717) is 23.1 Å². The predicted octanol–water partition coefficient (Wildman–Crippen LogP) is 6.58. The molecule has 1 saturated carbocycles. The fourth-order valence-corrected chi connectivity index (χ4v) is 5.49. The van der Waals surface area contributed by atoms with E-state index in [1.54, 1.807) is 12.1 Å². The van der Waals surface area contributed by atoms with Gasteiger partial charge in [0.15, 0.2) is 0 Å². The van der Waals surface area contributed by atoms with Crippen LogP contribution in [-0.4, -0.2) is 37.0 Å². The molecular weight excluding hydrogens is 576 g/mol. The van der Waals surface area contributed by atoms with Crippen molar-refractivity contribution in [2.24, 2.45) is 0 Å². The molecule has 1 amide bonds. The summed E-state index contributed by atoms with van der Waals surface area (Å²) >= 11 is 7.18. The lowest BCUT2D eigenvalue weighted by Crippen LogP contribution is -2.33. The zero-order chi connectivity index (χ0) is 23.3. The molecule has 2 aromatic carbocycles. The highest BCUT2D eigenvalue weighted by Gasteiger charge is 2.22. The molecule has 33 heavy (non-hydrogen) atoms. The third-order valence-corrected chi connectivity index (χ3v) is 6.76. The molecule has 0 spiro atoms. The van der Waals surface area contributed by atoms with Gasteiger partial charge in [0.25, 0.3) is 5.91 Å². The maximum Gasteiger partial charge on any atom is 0.308 e. The summed E-state index contributed by atoms with van der Waals surface area (Å²) in [6, 6.07) is 9.21. The Morgan fingerprint density at radius 2 is 1.82 bits per heavy atom. The minimum absolute atomic E-state index is 0. The van der Waals surface area contributed by atoms with E-state index >= 15 is 0 Å². The van der Waals surface area contributed by atoms with Crippen molar-refractivity contribution in [3.8, 4) is 11.5 Å². The summed E-state index contributed by atoms with van der Waals surface area (Å²) in [7, 11) is 3.62. The van der Waals surface area contributed by atoms with E-state index in [4.69, 9.17) is 9.47 Å². The van der Waals surface area contributed by atoms with Gasteiger partial charge >= 0.3 is 5.97 Å². The molecule has 0 unspecified atom stereocenters. The minimum atomic E-state index is -0.435. The maximum absolute atomic E-state index is 13.2. The number of amides is 1. The van der Waals surface area contributed by atoms with Gasteiger partial charge in [0.05, 0.1) is 18.4 Å². The van der Waals surface area contributed by atoms with Crippen molar-refractivity contribution in [1.29, 1.82) is 0 Å². The number of anilines is 1. The Morgan fingerprint density at radius 3 is 2.45 bits per heavy atom. The van der Waals surface area contributed by atoms with E-state index in [1.807, 2.05) is 12.1 Å². The predicted molar refractivity (Wildman–Crippen MR) is 140 cm³/mol. The van der Waals surface area contributed by atoms with Crippen LogP contribution in [0, 0.1) is 0 Å². The van der Waals surface area contributed by atoms with Crippen LogP contribution in [0.25, 0.3) is 0 Å². The number of nitrogens with one attached hydrogen (secondary N) is 1. The van der Waals surface area contributed by atoms with Crippen molar-refractivity contribution in [1.82, 2.24) is 4.90 Å². The highest BCUT2D eigenvalue weighted by molar-refractivity contribution is 9.11. The first-order valence-electron chi connectivity index (χ1n) is 10.6. The van der Waals surface area contributed by atoms with Crippen LogP contribution in [0.3, 0.4) is 0 Å². The van der Waals surface area contributed by atoms with Gasteiger partial charge in [-0.2, -0.15) is 0 Å². The number of carbonyl (C=O) groups excluding carboxylic acids is 2. The number of methoxy groups -OCH3 is 1. The molecule has 0 bridgehead atoms. The number of hydrogen-bond acceptors (Lipinski definition) is 5. The van der Waals surface area contributed by atoms with Gasteiger partial charge in [-0.3, -0.25) is 14.5 Å². The number of ether oxygens (including phenoxy) is 2. The SMILES string of the molecule is COc1cc(OC(C)=O)ccc1C(=O)Nc1c(Br)cc(Br)cc1CN(C)C1CCCCC1.Cl. The molecular formula is C24H29Br2ClN2O4. The van der Waals surface area contributed by atoms with Crippen LogP contribution >= 0.6 is 44.3 Å². The summed E-state index contributed by atoms with van der Waals surface area (Å²) in [5, 5.41) is 3.04. The van der Waals surface area contributed by atoms with Gasteiger partial charge in [0.1, 0.15) is 11.5 Å². The summed E-state index contributed by atoms with van der Waals surface area (Å²) in [5.41, 5.74) is 2.10. The number of carbonyl (C=O) groups is 2. The van der Waals surface area contributed by atoms with Crippen LogP contribution in [0.5, 0.6) is 11.5 Å². The van der Waals surface area contributed by atoms with Crippen molar-refractivity contribution in [3.05, 3.63) is 50.4 Å². The second-order valence-electron chi connectivity index (χ2n) is 8.04. The molecule has 1 fully saturated rings. The third kappa shape index (κ3) is 7.44. The minimum Gasteiger partial charge on any atom is -0.496 e. The van der Waals surface area contributed by atoms with Crippen LogP contribution in [0.1, 0.15) is 54.9 Å². The molecule has 1 aliphatic carbocycles. The van der Waals surface area contributed by atoms with E-state index in [2.05, 4.69) is 49.1 Å². The van der Waals surface area contributed by atoms with Gasteiger partial charge in [-0.1, -0.05) is 35.2 Å². The van der Waals surface area contributed by atoms with E-state index in [9.17, 15) is 9.59 Å². The van der Waals surface area contributed by atoms with Gasteiger partial charge in [0, 0.05) is 34.5 Å². The number of hydrogen-bond donors (Lipinski definition) is 1. The number of rotatable bonds is 7. The molecule has 0 atom stereocenters. The Hall–Kier alpha value is -1.61. The average molecular weight is 605 g/mol. The largest absolute Gasteiger partial charge is 0.496 e. The molecule has 1 aliphatic rings. The number of benzene rings is 2. The van der Waals surface area contributed by atoms with Crippen molar-refractivity contribution < 1.29 is 19.1 Å². The third-order valence-electron chi connectivity index (χ3n) is 5.67. The lowest BCUT2D eigenvalue weighted by atomic mass is 9.94. The Balaban J connectivity index is 0.00000385. The summed E-state index contributed by atoms with van der Waals surface area (Å²) in [5.74, 6) is -0.0866. The molecule has 180 valence electrons. The van der Waals surface area contributed by atoms with E-state index < -0.39 is 5.97 Å². The molecule has 0 aliphatic heterocycles. The van der Waals surface area contributed by atoms with Crippen LogP contribution in [0.15, 0.2) is 39.3 Å². The summed E-state index contributed by atoms with van der Waals surface area (Å²) < 4.78 is 12.2. The van der Waals surface area contributed by atoms with Gasteiger partial charge in [0.2, 0.25) is 0 Å². The fraction of sp³-hybridized carbons (Fsp3) is 0.417. The molecule has 2 aromatic rings. The monoisotopic (exact) mass is 602 g/mol. The van der Waals surface area contributed by atoms with Crippen LogP contribution in [0.2, 0.25) is 0 Å². The molecule has 0 radical (unpaired) electrons. The zero-order valence-corrected chi connectivity index (χ0v) is 22.9. The lowest BCUT2D eigenvalue weighted by molar-refractivity contribution is -0.131. The van der Waals surface area contributed by atoms with Crippen molar-refractivity contribution >= 4 is 61.8 Å². The number of nitrogens with zero attached hydrogens (tertiary/aromatic N) is 1. The lowest BCUT2D eigenvalue weighted by Gasteiger charge is -2.32. The second kappa shape index (κ2) is 12.7. The maximum atomic E-state index is 13.2. The van der Waals surface area contributed by atoms with E-state index in [-0.39, 0.29) is 18.3 Å². The first-order chi connectivity index (χ1) is 15.3. The second-order valence-corrected chi connectivity index (χ2v) is 9.81. The van der Waals surface area contributed by atoms with Gasteiger partial charge < -0.3 is 14.8 Å². The molecule has 6 nitrogen and oxygen atoms in total. The summed E-state index contributed by atoms with van der Waals surface area (Å²) in [4.78, 5) is 26.8.